The van der Waals surface area contributed by atoms with Gasteiger partial charge in [-0.25, -0.2) is 0 Å². The number of nitrogens with zero attached hydrogens (tertiary/aromatic N) is 1. The Labute approximate surface area is 213 Å². The van der Waals surface area contributed by atoms with E-state index in [9.17, 15) is 14.7 Å². The van der Waals surface area contributed by atoms with E-state index in [1.54, 1.807) is 12.0 Å². The number of hydrogen-bond donors (Lipinski definition) is 1. The van der Waals surface area contributed by atoms with Gasteiger partial charge in [-0.3, -0.25) is 9.59 Å². The SMILES string of the molecule is COc1cc(C)c(/C(O)=C2\C(=O)C(=O)N(C3CCCC3)C2c2ccc(OC(C)C)cc2)cc1C(C)C. The molecule has 1 saturated heterocycles. The second-order valence-corrected chi connectivity index (χ2v) is 10.4. The van der Waals surface area contributed by atoms with E-state index in [0.717, 1.165) is 53.9 Å². The van der Waals surface area contributed by atoms with Crippen molar-refractivity contribution in [2.75, 3.05) is 7.11 Å². The van der Waals surface area contributed by atoms with E-state index in [1.165, 1.54) is 0 Å². The Morgan fingerprint density at radius 3 is 2.22 bits per heavy atom. The molecule has 6 heteroatoms. The number of Topliss-reactive ketones (excluding diaryl/α,β-unsaturated/α-hetero) is 1. The molecule has 1 N–H and O–H groups in total. The van der Waals surface area contributed by atoms with Crippen LogP contribution in [0.15, 0.2) is 42.0 Å². The zero-order chi connectivity index (χ0) is 26.1. The van der Waals surface area contributed by atoms with Crippen molar-refractivity contribution in [1.82, 2.24) is 4.90 Å². The number of amides is 1. The maximum absolute atomic E-state index is 13.5. The number of hydrogen-bond acceptors (Lipinski definition) is 5. The van der Waals surface area contributed by atoms with Crippen LogP contribution in [0.1, 0.15) is 87.6 Å². The molecular weight excluding hydrogens is 454 g/mol. The fourth-order valence-electron chi connectivity index (χ4n) is 5.46. The zero-order valence-corrected chi connectivity index (χ0v) is 22.1. The summed E-state index contributed by atoms with van der Waals surface area (Å²) in [6, 6.07) is 10.6. The van der Waals surface area contributed by atoms with Gasteiger partial charge in [0.05, 0.1) is 24.8 Å². The number of carbonyl (C=O) groups is 2. The summed E-state index contributed by atoms with van der Waals surface area (Å²) in [4.78, 5) is 28.6. The predicted molar refractivity (Wildman–Crippen MR) is 140 cm³/mol. The third-order valence-electron chi connectivity index (χ3n) is 7.22. The van der Waals surface area contributed by atoms with Crippen molar-refractivity contribution in [2.24, 2.45) is 0 Å². The van der Waals surface area contributed by atoms with Gasteiger partial charge in [-0.2, -0.15) is 0 Å². The first-order chi connectivity index (χ1) is 17.1. The molecule has 192 valence electrons. The number of methoxy groups -OCH3 is 1. The van der Waals surface area contributed by atoms with Gasteiger partial charge in [0.15, 0.2) is 0 Å². The van der Waals surface area contributed by atoms with E-state index in [2.05, 4.69) is 13.8 Å². The smallest absolute Gasteiger partial charge is 0.295 e. The third kappa shape index (κ3) is 4.73. The Morgan fingerprint density at radius 1 is 1.03 bits per heavy atom. The fraction of sp³-hybridized carbons (Fsp3) is 0.467. The van der Waals surface area contributed by atoms with Crippen molar-refractivity contribution in [2.45, 2.75) is 84.4 Å². The number of likely N-dealkylation sites (tertiary alicyclic amines) is 1. The van der Waals surface area contributed by atoms with Crippen LogP contribution >= 0.6 is 0 Å². The summed E-state index contributed by atoms with van der Waals surface area (Å²) in [5, 5.41) is 11.6. The van der Waals surface area contributed by atoms with Crippen molar-refractivity contribution in [3.8, 4) is 11.5 Å². The first-order valence-electron chi connectivity index (χ1n) is 12.9. The largest absolute Gasteiger partial charge is 0.507 e. The van der Waals surface area contributed by atoms with Crippen molar-refractivity contribution in [3.63, 3.8) is 0 Å². The summed E-state index contributed by atoms with van der Waals surface area (Å²) in [5.41, 5.74) is 3.19. The normalized spacial score (nSPS) is 20.1. The maximum atomic E-state index is 13.5. The number of ketones is 1. The van der Waals surface area contributed by atoms with Crippen LogP contribution in [0.5, 0.6) is 11.5 Å². The summed E-state index contributed by atoms with van der Waals surface area (Å²) in [7, 11) is 1.62. The molecule has 2 aromatic rings. The molecule has 1 amide bonds. The summed E-state index contributed by atoms with van der Waals surface area (Å²) in [6.07, 6.45) is 3.80. The highest BCUT2D eigenvalue weighted by molar-refractivity contribution is 6.46. The van der Waals surface area contributed by atoms with Crippen molar-refractivity contribution in [3.05, 3.63) is 64.2 Å². The Balaban J connectivity index is 1.88. The topological polar surface area (TPSA) is 76.1 Å². The molecule has 1 saturated carbocycles. The quantitative estimate of drug-likeness (QED) is 0.280. The summed E-state index contributed by atoms with van der Waals surface area (Å²) < 4.78 is 11.4. The van der Waals surface area contributed by atoms with Gasteiger partial charge in [0.2, 0.25) is 0 Å². The lowest BCUT2D eigenvalue weighted by Gasteiger charge is -2.31. The van der Waals surface area contributed by atoms with E-state index in [-0.39, 0.29) is 29.4 Å². The van der Waals surface area contributed by atoms with Gasteiger partial charge in [0.1, 0.15) is 17.3 Å². The molecule has 1 aliphatic carbocycles. The number of rotatable bonds is 7. The van der Waals surface area contributed by atoms with E-state index in [0.29, 0.717) is 5.56 Å². The van der Waals surface area contributed by atoms with Crippen LogP contribution < -0.4 is 9.47 Å². The monoisotopic (exact) mass is 491 g/mol. The van der Waals surface area contributed by atoms with E-state index < -0.39 is 17.7 Å². The summed E-state index contributed by atoms with van der Waals surface area (Å²) in [6.45, 7) is 9.91. The van der Waals surface area contributed by atoms with E-state index in [1.807, 2.05) is 57.2 Å². The molecule has 4 rings (SSSR count). The minimum Gasteiger partial charge on any atom is -0.507 e. The van der Waals surface area contributed by atoms with Crippen LogP contribution in [0.25, 0.3) is 5.76 Å². The van der Waals surface area contributed by atoms with E-state index >= 15 is 0 Å². The van der Waals surface area contributed by atoms with Crippen LogP contribution in [0.3, 0.4) is 0 Å². The second kappa shape index (κ2) is 10.4. The highest BCUT2D eigenvalue weighted by atomic mass is 16.5. The number of aliphatic hydroxyl groups excluding tert-OH is 1. The van der Waals surface area contributed by atoms with Crippen LogP contribution in [0.2, 0.25) is 0 Å². The Morgan fingerprint density at radius 2 is 1.67 bits per heavy atom. The van der Waals surface area contributed by atoms with Crippen LogP contribution in [0.4, 0.5) is 0 Å². The molecule has 2 aromatic carbocycles. The zero-order valence-electron chi connectivity index (χ0n) is 22.1. The van der Waals surface area contributed by atoms with E-state index in [4.69, 9.17) is 9.47 Å². The van der Waals surface area contributed by atoms with Gasteiger partial charge in [-0.15, -0.1) is 0 Å². The molecule has 6 nitrogen and oxygen atoms in total. The van der Waals surface area contributed by atoms with Crippen molar-refractivity contribution in [1.29, 1.82) is 0 Å². The molecule has 1 aliphatic heterocycles. The number of ether oxygens (including phenoxy) is 2. The molecule has 2 fully saturated rings. The molecule has 36 heavy (non-hydrogen) atoms. The minimum absolute atomic E-state index is 0.0217. The molecule has 0 bridgehead atoms. The van der Waals surface area contributed by atoms with Gasteiger partial charge in [-0.05, 0) is 80.5 Å². The van der Waals surface area contributed by atoms with Crippen molar-refractivity contribution >= 4 is 17.4 Å². The maximum Gasteiger partial charge on any atom is 0.295 e. The molecule has 0 spiro atoms. The van der Waals surface area contributed by atoms with Crippen LogP contribution in [-0.4, -0.2) is 41.0 Å². The first kappa shape index (κ1) is 25.8. The second-order valence-electron chi connectivity index (χ2n) is 10.4. The molecule has 0 aromatic heterocycles. The molecule has 0 radical (unpaired) electrons. The molecule has 2 aliphatic rings. The first-order valence-corrected chi connectivity index (χ1v) is 12.9. The van der Waals surface area contributed by atoms with Gasteiger partial charge in [-0.1, -0.05) is 38.8 Å². The molecule has 1 atom stereocenters. The number of aryl methyl sites for hydroxylation is 1. The average Bonchev–Trinajstić information content (AvgIpc) is 3.45. The molecular formula is C30H37NO5. The minimum atomic E-state index is -0.648. The Hall–Kier alpha value is -3.28. The lowest BCUT2D eigenvalue weighted by Crippen LogP contribution is -2.37. The average molecular weight is 492 g/mol. The highest BCUT2D eigenvalue weighted by Crippen LogP contribution is 2.44. The lowest BCUT2D eigenvalue weighted by molar-refractivity contribution is -0.141. The molecule has 1 unspecified atom stereocenters. The predicted octanol–water partition coefficient (Wildman–Crippen LogP) is 6.28. The van der Waals surface area contributed by atoms with Gasteiger partial charge in [0.25, 0.3) is 11.7 Å². The Kier molecular flexibility index (Phi) is 7.43. The van der Waals surface area contributed by atoms with Gasteiger partial charge < -0.3 is 19.5 Å². The summed E-state index contributed by atoms with van der Waals surface area (Å²) in [5.74, 6) is 0.307. The summed E-state index contributed by atoms with van der Waals surface area (Å²) >= 11 is 0. The van der Waals surface area contributed by atoms with Crippen LogP contribution in [-0.2, 0) is 9.59 Å². The number of aliphatic hydroxyl groups is 1. The molecule has 1 heterocycles. The van der Waals surface area contributed by atoms with Crippen LogP contribution in [0, 0.1) is 6.92 Å². The van der Waals surface area contributed by atoms with Gasteiger partial charge >= 0.3 is 0 Å². The van der Waals surface area contributed by atoms with Gasteiger partial charge in [0, 0.05) is 11.6 Å². The fourth-order valence-corrected chi connectivity index (χ4v) is 5.46. The Bertz CT molecular complexity index is 1170. The number of carbonyl (C=O) groups excluding carboxylic acids is 2. The van der Waals surface area contributed by atoms with Crippen molar-refractivity contribution < 1.29 is 24.2 Å². The lowest BCUT2D eigenvalue weighted by atomic mass is 9.90. The highest BCUT2D eigenvalue weighted by Gasteiger charge is 2.49. The standard InChI is InChI=1S/C30H37NO5/c1-17(2)23-16-24(19(5)15-25(23)35-6)28(32)26-27(20-11-13-22(14-12-20)36-18(3)4)31(30(34)29(26)33)21-9-7-8-10-21/h11-18,21,27,32H,7-10H2,1-6H3/b28-26+. The third-order valence-corrected chi connectivity index (χ3v) is 7.22. The number of benzene rings is 2.